The van der Waals surface area contributed by atoms with Crippen LogP contribution in [0.2, 0.25) is 0 Å². The first-order valence-corrected chi connectivity index (χ1v) is 8.29. The van der Waals surface area contributed by atoms with Gasteiger partial charge in [-0.3, -0.25) is 19.6 Å². The SMILES string of the molecule is COCCN1CC(C(=O)N2CCN(Cc3ncn[nH]3)CC2)CC1=O. The highest BCUT2D eigenvalue weighted by Crippen LogP contribution is 2.21. The van der Waals surface area contributed by atoms with E-state index in [9.17, 15) is 9.59 Å². The second kappa shape index (κ2) is 7.71. The van der Waals surface area contributed by atoms with Gasteiger partial charge in [0.1, 0.15) is 12.2 Å². The van der Waals surface area contributed by atoms with E-state index in [1.54, 1.807) is 12.0 Å². The quantitative estimate of drug-likeness (QED) is 0.712. The smallest absolute Gasteiger partial charge is 0.228 e. The zero-order chi connectivity index (χ0) is 16.9. The lowest BCUT2D eigenvalue weighted by Gasteiger charge is -2.35. The van der Waals surface area contributed by atoms with E-state index in [4.69, 9.17) is 4.74 Å². The number of likely N-dealkylation sites (tertiary alicyclic amines) is 1. The van der Waals surface area contributed by atoms with Crippen LogP contribution >= 0.6 is 0 Å². The second-order valence-corrected chi connectivity index (χ2v) is 6.27. The topological polar surface area (TPSA) is 94.7 Å². The monoisotopic (exact) mass is 336 g/mol. The Bertz CT molecular complexity index is 556. The van der Waals surface area contributed by atoms with Gasteiger partial charge in [0, 0.05) is 52.8 Å². The minimum atomic E-state index is -0.213. The predicted molar refractivity (Wildman–Crippen MR) is 84.8 cm³/mol. The molecule has 3 heterocycles. The first-order valence-electron chi connectivity index (χ1n) is 8.29. The van der Waals surface area contributed by atoms with Gasteiger partial charge in [-0.05, 0) is 0 Å². The first kappa shape index (κ1) is 16.8. The van der Waals surface area contributed by atoms with Crippen molar-refractivity contribution in [3.8, 4) is 0 Å². The molecule has 0 saturated carbocycles. The van der Waals surface area contributed by atoms with E-state index in [1.165, 1.54) is 6.33 Å². The number of H-pyrrole nitrogens is 1. The summed E-state index contributed by atoms with van der Waals surface area (Å²) in [5.41, 5.74) is 0. The van der Waals surface area contributed by atoms with Crippen LogP contribution in [0, 0.1) is 5.92 Å². The number of ether oxygens (including phenoxy) is 1. The fraction of sp³-hybridized carbons (Fsp3) is 0.733. The van der Waals surface area contributed by atoms with Crippen molar-refractivity contribution in [2.45, 2.75) is 13.0 Å². The summed E-state index contributed by atoms with van der Waals surface area (Å²) in [7, 11) is 1.61. The Kier molecular flexibility index (Phi) is 5.41. The number of methoxy groups -OCH3 is 1. The molecular formula is C15H24N6O3. The van der Waals surface area contributed by atoms with Crippen molar-refractivity contribution >= 4 is 11.8 Å². The third kappa shape index (κ3) is 3.90. The minimum absolute atomic E-state index is 0.0503. The van der Waals surface area contributed by atoms with Crippen molar-refractivity contribution in [1.82, 2.24) is 29.9 Å². The number of amides is 2. The number of nitrogens with zero attached hydrogens (tertiary/aromatic N) is 5. The molecule has 0 aromatic carbocycles. The van der Waals surface area contributed by atoms with Crippen LogP contribution < -0.4 is 0 Å². The number of hydrogen-bond donors (Lipinski definition) is 1. The van der Waals surface area contributed by atoms with Crippen LogP contribution in [0.5, 0.6) is 0 Å². The Balaban J connectivity index is 1.46. The van der Waals surface area contributed by atoms with Crippen LogP contribution in [-0.2, 0) is 20.9 Å². The van der Waals surface area contributed by atoms with Gasteiger partial charge in [0.2, 0.25) is 11.8 Å². The number of nitrogens with one attached hydrogen (secondary N) is 1. The van der Waals surface area contributed by atoms with Gasteiger partial charge in [-0.15, -0.1) is 0 Å². The highest BCUT2D eigenvalue weighted by molar-refractivity contribution is 5.89. The minimum Gasteiger partial charge on any atom is -0.383 e. The molecule has 9 heteroatoms. The Morgan fingerprint density at radius 2 is 2.17 bits per heavy atom. The number of piperazine rings is 1. The summed E-state index contributed by atoms with van der Waals surface area (Å²) in [6.45, 7) is 5.29. The van der Waals surface area contributed by atoms with Gasteiger partial charge in [-0.2, -0.15) is 5.10 Å². The van der Waals surface area contributed by atoms with Crippen molar-refractivity contribution in [3.05, 3.63) is 12.2 Å². The van der Waals surface area contributed by atoms with Gasteiger partial charge < -0.3 is 14.5 Å². The van der Waals surface area contributed by atoms with Crippen molar-refractivity contribution < 1.29 is 14.3 Å². The largest absolute Gasteiger partial charge is 0.383 e. The van der Waals surface area contributed by atoms with E-state index < -0.39 is 0 Å². The third-order valence-corrected chi connectivity index (χ3v) is 4.65. The molecule has 24 heavy (non-hydrogen) atoms. The Morgan fingerprint density at radius 3 is 2.83 bits per heavy atom. The van der Waals surface area contributed by atoms with Gasteiger partial charge in [0.15, 0.2) is 0 Å². The fourth-order valence-corrected chi connectivity index (χ4v) is 3.26. The Labute approximate surface area is 140 Å². The maximum absolute atomic E-state index is 12.7. The molecule has 1 aromatic heterocycles. The molecule has 3 rings (SSSR count). The second-order valence-electron chi connectivity index (χ2n) is 6.27. The molecule has 0 aliphatic carbocycles. The van der Waals surface area contributed by atoms with Gasteiger partial charge in [-0.25, -0.2) is 4.98 Å². The van der Waals surface area contributed by atoms with Crippen LogP contribution in [-0.4, -0.2) is 94.7 Å². The zero-order valence-corrected chi connectivity index (χ0v) is 14.0. The van der Waals surface area contributed by atoms with Gasteiger partial charge in [0.25, 0.3) is 0 Å². The molecular weight excluding hydrogens is 312 g/mol. The highest BCUT2D eigenvalue weighted by Gasteiger charge is 2.37. The molecule has 1 atom stereocenters. The summed E-state index contributed by atoms with van der Waals surface area (Å²) in [5, 5.41) is 6.70. The average molecular weight is 336 g/mol. The average Bonchev–Trinajstić information content (AvgIpc) is 3.23. The number of carbonyl (C=O) groups is 2. The molecule has 1 N–H and O–H groups in total. The van der Waals surface area contributed by atoms with Gasteiger partial charge in [0.05, 0.1) is 19.1 Å². The molecule has 2 aliphatic rings. The van der Waals surface area contributed by atoms with Crippen LogP contribution in [0.4, 0.5) is 0 Å². The van der Waals surface area contributed by atoms with Crippen molar-refractivity contribution in [1.29, 1.82) is 0 Å². The van der Waals surface area contributed by atoms with Crippen LogP contribution in [0.3, 0.4) is 0 Å². The number of aromatic nitrogens is 3. The number of hydrogen-bond acceptors (Lipinski definition) is 6. The van der Waals surface area contributed by atoms with E-state index in [-0.39, 0.29) is 17.7 Å². The normalized spacial score (nSPS) is 22.4. The molecule has 1 aromatic rings. The Morgan fingerprint density at radius 1 is 1.38 bits per heavy atom. The first-order chi connectivity index (χ1) is 11.7. The third-order valence-electron chi connectivity index (χ3n) is 4.65. The number of rotatable bonds is 6. The van der Waals surface area contributed by atoms with E-state index in [0.717, 1.165) is 25.5 Å². The van der Waals surface area contributed by atoms with Gasteiger partial charge in [-0.1, -0.05) is 0 Å². The van der Waals surface area contributed by atoms with E-state index in [2.05, 4.69) is 20.1 Å². The molecule has 0 radical (unpaired) electrons. The molecule has 9 nitrogen and oxygen atoms in total. The maximum atomic E-state index is 12.7. The lowest BCUT2D eigenvalue weighted by Crippen LogP contribution is -2.50. The summed E-state index contributed by atoms with van der Waals surface area (Å²) in [6, 6.07) is 0. The molecule has 2 aliphatic heterocycles. The van der Waals surface area contributed by atoms with Crippen LogP contribution in [0.1, 0.15) is 12.2 Å². The number of carbonyl (C=O) groups excluding carboxylic acids is 2. The number of aromatic amines is 1. The van der Waals surface area contributed by atoms with E-state index in [1.807, 2.05) is 4.90 Å². The summed E-state index contributed by atoms with van der Waals surface area (Å²) >= 11 is 0. The Hall–Kier alpha value is -2.00. The van der Waals surface area contributed by atoms with E-state index in [0.29, 0.717) is 39.2 Å². The predicted octanol–water partition coefficient (Wildman–Crippen LogP) is -1.06. The van der Waals surface area contributed by atoms with Gasteiger partial charge >= 0.3 is 0 Å². The maximum Gasteiger partial charge on any atom is 0.228 e. The summed E-state index contributed by atoms with van der Waals surface area (Å²) in [6.07, 6.45) is 1.82. The lowest BCUT2D eigenvalue weighted by molar-refractivity contribution is -0.137. The highest BCUT2D eigenvalue weighted by atomic mass is 16.5. The summed E-state index contributed by atoms with van der Waals surface area (Å²) in [5.74, 6) is 0.775. The van der Waals surface area contributed by atoms with Crippen LogP contribution in [0.15, 0.2) is 6.33 Å². The van der Waals surface area contributed by atoms with Crippen molar-refractivity contribution in [2.75, 3.05) is 53.0 Å². The standard InChI is InChI=1S/C15H24N6O3/c1-24-7-6-21-9-12(8-14(21)22)15(23)20-4-2-19(3-5-20)10-13-16-11-17-18-13/h11-12H,2-10H2,1H3,(H,16,17,18). The zero-order valence-electron chi connectivity index (χ0n) is 14.0. The van der Waals surface area contributed by atoms with Crippen LogP contribution in [0.25, 0.3) is 0 Å². The molecule has 2 amide bonds. The molecule has 132 valence electrons. The fourth-order valence-electron chi connectivity index (χ4n) is 3.26. The molecule has 1 unspecified atom stereocenters. The molecule has 0 spiro atoms. The summed E-state index contributed by atoms with van der Waals surface area (Å²) in [4.78, 5) is 34.6. The van der Waals surface area contributed by atoms with E-state index >= 15 is 0 Å². The molecule has 2 saturated heterocycles. The summed E-state index contributed by atoms with van der Waals surface area (Å²) < 4.78 is 5.01. The molecule has 0 bridgehead atoms. The lowest BCUT2D eigenvalue weighted by atomic mass is 10.1. The van der Waals surface area contributed by atoms with Crippen molar-refractivity contribution in [2.24, 2.45) is 5.92 Å². The molecule has 2 fully saturated rings. The van der Waals surface area contributed by atoms with Crippen molar-refractivity contribution in [3.63, 3.8) is 0 Å².